The Morgan fingerprint density at radius 1 is 1.12 bits per heavy atom. The fraction of sp³-hybridized carbons (Fsp3) is 0.500. The van der Waals surface area contributed by atoms with E-state index in [1.807, 2.05) is 0 Å². The van der Waals surface area contributed by atoms with Crippen molar-refractivity contribution in [3.05, 3.63) is 24.3 Å². The molecule has 0 N–H and O–H groups in total. The van der Waals surface area contributed by atoms with Gasteiger partial charge in [0.05, 0.1) is 0 Å². The quantitative estimate of drug-likeness (QED) is 0.529. The minimum absolute atomic E-state index is 0.0612. The van der Waals surface area contributed by atoms with Crippen LogP contribution in [0.1, 0.15) is 20.8 Å². The largest absolute Gasteiger partial charge is 0.399 e. The van der Waals surface area contributed by atoms with E-state index in [0.717, 1.165) is 0 Å². The highest BCUT2D eigenvalue weighted by molar-refractivity contribution is 7.02. The molecular weight excluding hydrogens is 220 g/mol. The minimum atomic E-state index is -2.54. The van der Waals surface area contributed by atoms with Crippen LogP contribution < -0.4 is 0 Å². The normalized spacial score (nSPS) is 13.1. The van der Waals surface area contributed by atoms with E-state index < -0.39 is 14.4 Å². The van der Waals surface area contributed by atoms with Crippen LogP contribution >= 0.6 is 0 Å². The number of Topliss-reactive ketones (excluding diaryl/α,β-unsaturated/α-hetero) is 1. The summed E-state index contributed by atoms with van der Waals surface area (Å²) in [6.07, 6.45) is -0.609. The average molecular weight is 240 g/mol. The predicted octanol–water partition coefficient (Wildman–Crippen LogP) is 2.43. The molecule has 0 aromatic carbocycles. The Morgan fingerprint density at radius 3 is 1.88 bits per heavy atom. The molecule has 0 aromatic heterocycles. The molecule has 3 nitrogen and oxygen atoms in total. The molecular formula is C12H20O3Si. The molecule has 0 aliphatic carbocycles. The number of carbonyl (C=O) groups is 2. The van der Waals surface area contributed by atoms with Crippen molar-refractivity contribution in [3.63, 3.8) is 0 Å². The maximum atomic E-state index is 11.8. The number of hydrogen-bond acceptors (Lipinski definition) is 3. The number of allylic oxidation sites excluding steroid dienone is 1. The van der Waals surface area contributed by atoms with Crippen LogP contribution in [0.15, 0.2) is 24.3 Å². The second-order valence-corrected chi connectivity index (χ2v) is 8.23. The molecule has 4 heteroatoms. The zero-order valence-electron chi connectivity index (χ0n) is 10.7. The number of carbonyl (C=O) groups excluding carboxylic acids is 2. The van der Waals surface area contributed by atoms with Gasteiger partial charge in [0, 0.05) is 0 Å². The fourth-order valence-corrected chi connectivity index (χ4v) is 3.54. The van der Waals surface area contributed by atoms with Gasteiger partial charge in [-0.3, -0.25) is 9.59 Å². The summed E-state index contributed by atoms with van der Waals surface area (Å²) in [7, 11) is -2.54. The Hall–Kier alpha value is -1.00. The SMILES string of the molecule is C=C(C)C(=O)C(C)O[Si](C)(C)C(=O)C(=C)C. The number of ketones is 1. The van der Waals surface area contributed by atoms with Gasteiger partial charge in [0.2, 0.25) is 0 Å². The van der Waals surface area contributed by atoms with E-state index in [4.69, 9.17) is 4.43 Å². The summed E-state index contributed by atoms with van der Waals surface area (Å²) >= 11 is 0. The van der Waals surface area contributed by atoms with Crippen LogP contribution in [0.25, 0.3) is 0 Å². The van der Waals surface area contributed by atoms with Crippen molar-refractivity contribution in [2.24, 2.45) is 0 Å². The Bertz CT molecular complexity index is 342. The highest BCUT2D eigenvalue weighted by Gasteiger charge is 2.36. The topological polar surface area (TPSA) is 43.4 Å². The molecule has 0 amide bonds. The third kappa shape index (κ3) is 3.87. The zero-order valence-corrected chi connectivity index (χ0v) is 11.7. The van der Waals surface area contributed by atoms with E-state index in [2.05, 4.69) is 13.2 Å². The lowest BCUT2D eigenvalue weighted by atomic mass is 10.1. The lowest BCUT2D eigenvalue weighted by Gasteiger charge is -2.25. The molecule has 16 heavy (non-hydrogen) atoms. The Kier molecular flexibility index (Phi) is 5.03. The molecule has 1 atom stereocenters. The standard InChI is InChI=1S/C12H20O3Si/c1-8(2)11(13)10(5)15-16(6,7)12(14)9(3)4/h10H,1,3H2,2,4-7H3. The molecule has 0 saturated carbocycles. The summed E-state index contributed by atoms with van der Waals surface area (Å²) in [6.45, 7) is 15.7. The first-order valence-corrected chi connectivity index (χ1v) is 8.08. The minimum Gasteiger partial charge on any atom is -0.399 e. The molecule has 0 fully saturated rings. The van der Waals surface area contributed by atoms with Crippen molar-refractivity contribution in [2.75, 3.05) is 0 Å². The smallest absolute Gasteiger partial charge is 0.265 e. The number of hydrogen-bond donors (Lipinski definition) is 0. The Morgan fingerprint density at radius 2 is 1.56 bits per heavy atom. The first-order chi connectivity index (χ1) is 7.09. The zero-order chi connectivity index (χ0) is 13.1. The van der Waals surface area contributed by atoms with Crippen LogP contribution in [0.5, 0.6) is 0 Å². The maximum Gasteiger partial charge on any atom is 0.265 e. The maximum absolute atomic E-state index is 11.8. The molecule has 0 heterocycles. The molecule has 0 saturated heterocycles. The van der Waals surface area contributed by atoms with Crippen LogP contribution in [0.3, 0.4) is 0 Å². The van der Waals surface area contributed by atoms with Gasteiger partial charge in [-0.25, -0.2) is 0 Å². The van der Waals surface area contributed by atoms with Crippen LogP contribution in [0, 0.1) is 0 Å². The van der Waals surface area contributed by atoms with Crippen molar-refractivity contribution in [1.29, 1.82) is 0 Å². The second kappa shape index (κ2) is 5.36. The van der Waals surface area contributed by atoms with Crippen molar-refractivity contribution < 1.29 is 14.0 Å². The highest BCUT2D eigenvalue weighted by Crippen LogP contribution is 2.15. The molecule has 0 radical (unpaired) electrons. The van der Waals surface area contributed by atoms with Gasteiger partial charge in [0.25, 0.3) is 8.32 Å². The van der Waals surface area contributed by atoms with Crippen molar-refractivity contribution in [1.82, 2.24) is 0 Å². The van der Waals surface area contributed by atoms with Crippen LogP contribution in [0.4, 0.5) is 0 Å². The average Bonchev–Trinajstić information content (AvgIpc) is 2.14. The van der Waals surface area contributed by atoms with Gasteiger partial charge in [-0.2, -0.15) is 0 Å². The lowest BCUT2D eigenvalue weighted by molar-refractivity contribution is -0.122. The van der Waals surface area contributed by atoms with Gasteiger partial charge in [-0.1, -0.05) is 13.2 Å². The van der Waals surface area contributed by atoms with E-state index in [1.54, 1.807) is 33.9 Å². The summed E-state index contributed by atoms with van der Waals surface area (Å²) < 4.78 is 5.60. The molecule has 0 bridgehead atoms. The molecule has 1 unspecified atom stereocenters. The fourth-order valence-electron chi connectivity index (χ4n) is 1.41. The van der Waals surface area contributed by atoms with Gasteiger partial charge in [0.1, 0.15) is 6.10 Å². The molecule has 0 aliphatic heterocycles. The third-order valence-electron chi connectivity index (χ3n) is 2.20. The van der Waals surface area contributed by atoms with Crippen LogP contribution in [-0.2, 0) is 14.0 Å². The summed E-state index contributed by atoms with van der Waals surface area (Å²) in [6, 6.07) is 0. The van der Waals surface area contributed by atoms with E-state index in [9.17, 15) is 9.59 Å². The summed E-state index contributed by atoms with van der Waals surface area (Å²) in [5.74, 6) is -0.157. The summed E-state index contributed by atoms with van der Waals surface area (Å²) in [4.78, 5) is 23.4. The summed E-state index contributed by atoms with van der Waals surface area (Å²) in [5.41, 5.74) is 0.923. The number of rotatable bonds is 6. The first kappa shape index (κ1) is 15.0. The third-order valence-corrected chi connectivity index (χ3v) is 4.66. The van der Waals surface area contributed by atoms with Gasteiger partial charge in [-0.15, -0.1) is 0 Å². The highest BCUT2D eigenvalue weighted by atomic mass is 28.4. The Labute approximate surface area is 98.3 Å². The predicted molar refractivity (Wildman–Crippen MR) is 67.7 cm³/mol. The van der Waals surface area contributed by atoms with Crippen LogP contribution in [-0.4, -0.2) is 25.6 Å². The van der Waals surface area contributed by atoms with E-state index >= 15 is 0 Å². The molecule has 0 rings (SSSR count). The molecule has 0 aromatic rings. The lowest BCUT2D eigenvalue weighted by Crippen LogP contribution is -2.46. The molecule has 0 aliphatic rings. The Balaban J connectivity index is 4.72. The molecule has 90 valence electrons. The van der Waals surface area contributed by atoms with Gasteiger partial charge < -0.3 is 4.43 Å². The first-order valence-electron chi connectivity index (χ1n) is 5.17. The molecule has 0 spiro atoms. The van der Waals surface area contributed by atoms with E-state index in [-0.39, 0.29) is 11.2 Å². The monoisotopic (exact) mass is 240 g/mol. The van der Waals surface area contributed by atoms with Crippen LogP contribution in [0.2, 0.25) is 13.1 Å². The van der Waals surface area contributed by atoms with Crippen molar-refractivity contribution in [2.45, 2.75) is 40.0 Å². The second-order valence-electron chi connectivity index (χ2n) is 4.52. The van der Waals surface area contributed by atoms with E-state index in [0.29, 0.717) is 11.1 Å². The van der Waals surface area contributed by atoms with E-state index in [1.165, 1.54) is 0 Å². The van der Waals surface area contributed by atoms with Gasteiger partial charge in [-0.05, 0) is 45.0 Å². The van der Waals surface area contributed by atoms with Crippen molar-refractivity contribution >= 4 is 19.5 Å². The van der Waals surface area contributed by atoms with Gasteiger partial charge >= 0.3 is 0 Å². The van der Waals surface area contributed by atoms with Crippen molar-refractivity contribution in [3.8, 4) is 0 Å². The van der Waals surface area contributed by atoms with Gasteiger partial charge in [0.15, 0.2) is 11.2 Å². The summed E-state index contributed by atoms with van der Waals surface area (Å²) in [5, 5.41) is -0.0612.